The highest BCUT2D eigenvalue weighted by molar-refractivity contribution is 5.75. The molecule has 60 valence electrons. The SMILES string of the molecule is CC[n+]1ccn(C(=O)NC)c1. The molecule has 1 amide bonds. The van der Waals surface area contributed by atoms with Gasteiger partial charge in [0.2, 0.25) is 0 Å². The smallest absolute Gasteiger partial charge is 0.321 e. The molecule has 1 aromatic rings. The molecule has 0 aromatic carbocycles. The molecule has 0 aliphatic heterocycles. The van der Waals surface area contributed by atoms with Crippen LogP contribution in [-0.4, -0.2) is 17.6 Å². The van der Waals surface area contributed by atoms with Gasteiger partial charge in [-0.15, -0.1) is 0 Å². The van der Waals surface area contributed by atoms with Gasteiger partial charge in [-0.2, -0.15) is 4.57 Å². The number of amides is 1. The fourth-order valence-electron chi connectivity index (χ4n) is 0.831. The molecule has 1 heterocycles. The van der Waals surface area contributed by atoms with Crippen LogP contribution >= 0.6 is 0 Å². The van der Waals surface area contributed by atoms with Crippen LogP contribution in [0.5, 0.6) is 0 Å². The predicted molar refractivity (Wildman–Crippen MR) is 40.2 cm³/mol. The van der Waals surface area contributed by atoms with Crippen molar-refractivity contribution >= 4 is 6.03 Å². The van der Waals surface area contributed by atoms with Gasteiger partial charge < -0.3 is 5.32 Å². The summed E-state index contributed by atoms with van der Waals surface area (Å²) in [5.74, 6) is 0. The largest absolute Gasteiger partial charge is 0.412 e. The highest BCUT2D eigenvalue weighted by Gasteiger charge is 2.08. The number of carbonyl (C=O) groups is 1. The van der Waals surface area contributed by atoms with Crippen molar-refractivity contribution in [1.29, 1.82) is 0 Å². The Hall–Kier alpha value is -1.32. The standard InChI is InChI=1S/C7H11N3O/c1-3-9-4-5-10(6-9)7(11)8-2/h4-6H,3H2,1-2H3/p+1. The van der Waals surface area contributed by atoms with E-state index in [0.29, 0.717) is 0 Å². The molecule has 0 aliphatic rings. The Labute approximate surface area is 65.5 Å². The van der Waals surface area contributed by atoms with E-state index in [0.717, 1.165) is 6.54 Å². The van der Waals surface area contributed by atoms with Crippen LogP contribution in [-0.2, 0) is 6.54 Å². The molecule has 1 N–H and O–H groups in total. The van der Waals surface area contributed by atoms with Crippen LogP contribution in [0.25, 0.3) is 0 Å². The minimum atomic E-state index is -0.114. The molecule has 0 spiro atoms. The zero-order valence-electron chi connectivity index (χ0n) is 6.74. The molecule has 0 fully saturated rings. The first-order valence-electron chi connectivity index (χ1n) is 3.57. The summed E-state index contributed by atoms with van der Waals surface area (Å²) in [4.78, 5) is 11.0. The first kappa shape index (κ1) is 7.78. The Morgan fingerprint density at radius 1 is 1.73 bits per heavy atom. The molecule has 0 unspecified atom stereocenters. The summed E-state index contributed by atoms with van der Waals surface area (Å²) in [5.41, 5.74) is 0. The second-order valence-electron chi connectivity index (χ2n) is 2.21. The molecule has 0 atom stereocenters. The average Bonchev–Trinajstić information content (AvgIpc) is 2.50. The minimum absolute atomic E-state index is 0.114. The second-order valence-corrected chi connectivity index (χ2v) is 2.21. The zero-order chi connectivity index (χ0) is 8.27. The molecule has 1 rings (SSSR count). The lowest BCUT2D eigenvalue weighted by atomic mass is 10.7. The molecule has 0 saturated carbocycles. The van der Waals surface area contributed by atoms with Gasteiger partial charge in [0.05, 0.1) is 6.54 Å². The fraction of sp³-hybridized carbons (Fsp3) is 0.429. The number of rotatable bonds is 1. The first-order chi connectivity index (χ1) is 5.27. The van der Waals surface area contributed by atoms with Crippen LogP contribution in [0.2, 0.25) is 0 Å². The molecule has 1 aromatic heterocycles. The summed E-state index contributed by atoms with van der Waals surface area (Å²) in [7, 11) is 1.61. The van der Waals surface area contributed by atoms with E-state index in [1.807, 2.05) is 17.7 Å². The molecule has 0 saturated heterocycles. The van der Waals surface area contributed by atoms with Crippen molar-refractivity contribution in [1.82, 2.24) is 9.88 Å². The maximum absolute atomic E-state index is 11.0. The van der Waals surface area contributed by atoms with E-state index < -0.39 is 0 Å². The normalized spacial score (nSPS) is 9.64. The highest BCUT2D eigenvalue weighted by Crippen LogP contribution is 1.82. The van der Waals surface area contributed by atoms with Crippen LogP contribution in [0.1, 0.15) is 6.92 Å². The molecular formula is C7H12N3O+. The lowest BCUT2D eigenvalue weighted by Gasteiger charge is -1.89. The number of nitrogens with one attached hydrogen (secondary N) is 1. The van der Waals surface area contributed by atoms with Gasteiger partial charge in [0, 0.05) is 7.05 Å². The van der Waals surface area contributed by atoms with Crippen LogP contribution < -0.4 is 9.88 Å². The summed E-state index contributed by atoms with van der Waals surface area (Å²) in [5, 5.41) is 2.53. The monoisotopic (exact) mass is 154 g/mol. The van der Waals surface area contributed by atoms with Crippen molar-refractivity contribution in [2.24, 2.45) is 0 Å². The van der Waals surface area contributed by atoms with Gasteiger partial charge in [0.15, 0.2) is 0 Å². The van der Waals surface area contributed by atoms with Gasteiger partial charge >= 0.3 is 6.03 Å². The summed E-state index contributed by atoms with van der Waals surface area (Å²) in [6.07, 6.45) is 5.33. The van der Waals surface area contributed by atoms with Gasteiger partial charge in [-0.1, -0.05) is 0 Å². The number of imidazole rings is 1. The van der Waals surface area contributed by atoms with Gasteiger partial charge in [0.25, 0.3) is 6.33 Å². The number of aromatic nitrogens is 2. The number of hydrogen-bond acceptors (Lipinski definition) is 1. The van der Waals surface area contributed by atoms with Crippen LogP contribution in [0, 0.1) is 0 Å². The minimum Gasteiger partial charge on any atom is -0.321 e. The Morgan fingerprint density at radius 2 is 2.45 bits per heavy atom. The van der Waals surface area contributed by atoms with Gasteiger partial charge in [0.1, 0.15) is 12.4 Å². The summed E-state index contributed by atoms with van der Waals surface area (Å²) in [6, 6.07) is -0.114. The van der Waals surface area contributed by atoms with Crippen molar-refractivity contribution in [3.05, 3.63) is 18.7 Å². The maximum atomic E-state index is 11.0. The molecule has 0 bridgehead atoms. The predicted octanol–water partition coefficient (Wildman–Crippen LogP) is -0.0170. The van der Waals surface area contributed by atoms with Crippen LogP contribution in [0.4, 0.5) is 4.79 Å². The Morgan fingerprint density at radius 3 is 2.91 bits per heavy atom. The molecule has 11 heavy (non-hydrogen) atoms. The summed E-state index contributed by atoms with van der Waals surface area (Å²) in [6.45, 7) is 2.90. The Kier molecular flexibility index (Phi) is 2.25. The van der Waals surface area contributed by atoms with E-state index in [4.69, 9.17) is 0 Å². The number of aryl methyl sites for hydroxylation is 1. The van der Waals surface area contributed by atoms with Crippen molar-refractivity contribution in [3.8, 4) is 0 Å². The molecule has 0 radical (unpaired) electrons. The third-order valence-corrected chi connectivity index (χ3v) is 1.50. The number of nitrogens with zero attached hydrogens (tertiary/aromatic N) is 2. The van der Waals surface area contributed by atoms with Gasteiger partial charge in [-0.3, -0.25) is 0 Å². The van der Waals surface area contributed by atoms with Crippen molar-refractivity contribution in [2.45, 2.75) is 13.5 Å². The Balaban J connectivity index is 2.80. The summed E-state index contributed by atoms with van der Waals surface area (Å²) < 4.78 is 3.43. The summed E-state index contributed by atoms with van der Waals surface area (Å²) >= 11 is 0. The van der Waals surface area contributed by atoms with Crippen molar-refractivity contribution in [2.75, 3.05) is 7.05 Å². The maximum Gasteiger partial charge on any atom is 0.412 e. The average molecular weight is 154 g/mol. The van der Waals surface area contributed by atoms with Gasteiger partial charge in [-0.25, -0.2) is 9.36 Å². The van der Waals surface area contributed by atoms with E-state index in [-0.39, 0.29) is 6.03 Å². The third-order valence-electron chi connectivity index (χ3n) is 1.50. The van der Waals surface area contributed by atoms with Gasteiger partial charge in [-0.05, 0) is 6.92 Å². The quantitative estimate of drug-likeness (QED) is 0.567. The lowest BCUT2D eigenvalue weighted by molar-refractivity contribution is -0.692. The molecule has 4 nitrogen and oxygen atoms in total. The third kappa shape index (κ3) is 1.58. The van der Waals surface area contributed by atoms with E-state index >= 15 is 0 Å². The van der Waals surface area contributed by atoms with Crippen molar-refractivity contribution in [3.63, 3.8) is 0 Å². The number of hydrogen-bond donors (Lipinski definition) is 1. The molecule has 4 heteroatoms. The first-order valence-corrected chi connectivity index (χ1v) is 3.57. The second kappa shape index (κ2) is 3.18. The highest BCUT2D eigenvalue weighted by atomic mass is 16.2. The topological polar surface area (TPSA) is 37.9 Å². The zero-order valence-corrected chi connectivity index (χ0v) is 6.74. The van der Waals surface area contributed by atoms with E-state index in [1.54, 1.807) is 19.6 Å². The van der Waals surface area contributed by atoms with E-state index in [9.17, 15) is 4.79 Å². The van der Waals surface area contributed by atoms with Crippen molar-refractivity contribution < 1.29 is 9.36 Å². The molecule has 0 aliphatic carbocycles. The van der Waals surface area contributed by atoms with E-state index in [1.165, 1.54) is 4.57 Å². The molecular weight excluding hydrogens is 142 g/mol. The van der Waals surface area contributed by atoms with Crippen LogP contribution in [0.3, 0.4) is 0 Å². The Bertz CT molecular complexity index is 254. The fourth-order valence-corrected chi connectivity index (χ4v) is 0.831. The van der Waals surface area contributed by atoms with E-state index in [2.05, 4.69) is 5.32 Å². The van der Waals surface area contributed by atoms with Crippen LogP contribution in [0.15, 0.2) is 18.7 Å². The number of carbonyl (C=O) groups excluding carboxylic acids is 1. The lowest BCUT2D eigenvalue weighted by Crippen LogP contribution is -2.31.